The molecule has 1 unspecified atom stereocenters. The lowest BCUT2D eigenvalue weighted by Gasteiger charge is -2.10. The lowest BCUT2D eigenvalue weighted by Crippen LogP contribution is -2.32. The second-order valence-corrected chi connectivity index (χ2v) is 5.08. The summed E-state index contributed by atoms with van der Waals surface area (Å²) < 4.78 is 3.09. The van der Waals surface area contributed by atoms with Crippen LogP contribution in [0.15, 0.2) is 29.4 Å². The van der Waals surface area contributed by atoms with Crippen LogP contribution in [0.25, 0.3) is 0 Å². The molecule has 0 spiro atoms. The molecule has 0 saturated heterocycles. The van der Waals surface area contributed by atoms with E-state index in [1.807, 2.05) is 12.1 Å². The topological polar surface area (TPSA) is 33.2 Å². The van der Waals surface area contributed by atoms with Crippen LogP contribution in [0.2, 0.25) is 0 Å². The van der Waals surface area contributed by atoms with Crippen molar-refractivity contribution >= 4 is 16.9 Å². The van der Waals surface area contributed by atoms with Crippen LogP contribution in [0.1, 0.15) is 6.92 Å². The predicted octanol–water partition coefficient (Wildman–Crippen LogP) is 0.744. The molecule has 86 valence electrons. The Hall–Kier alpha value is -1.23. The van der Waals surface area contributed by atoms with Crippen LogP contribution >= 0.6 is 11.8 Å². The van der Waals surface area contributed by atoms with Crippen LogP contribution in [0, 0.1) is 5.21 Å². The molecule has 0 saturated carbocycles. The van der Waals surface area contributed by atoms with Crippen molar-refractivity contribution in [1.29, 1.82) is 0 Å². The average Bonchev–Trinajstić information content (AvgIpc) is 2.48. The van der Waals surface area contributed by atoms with E-state index in [4.69, 9.17) is 0 Å². The van der Waals surface area contributed by atoms with Gasteiger partial charge in [-0.2, -0.15) is 4.73 Å². The van der Waals surface area contributed by atoms with E-state index < -0.39 is 0 Å². The van der Waals surface area contributed by atoms with Crippen LogP contribution in [-0.2, 0) is 0 Å². The van der Waals surface area contributed by atoms with Crippen molar-refractivity contribution in [2.75, 3.05) is 20.6 Å². The summed E-state index contributed by atoms with van der Waals surface area (Å²) in [7, 11) is 4.12. The van der Waals surface area contributed by atoms with Crippen molar-refractivity contribution in [3.05, 3.63) is 29.6 Å². The third-order valence-corrected chi connectivity index (χ3v) is 4.12. The molecule has 16 heavy (non-hydrogen) atoms. The Bertz CT molecular complexity index is 433. The van der Waals surface area contributed by atoms with Crippen LogP contribution < -0.4 is 4.73 Å². The van der Waals surface area contributed by atoms with Crippen LogP contribution in [0.5, 0.6) is 0 Å². The molecular weight excluding hydrogens is 222 g/mol. The zero-order valence-electron chi connectivity index (χ0n) is 9.75. The minimum absolute atomic E-state index is 0.497. The molecule has 0 N–H and O–H groups in total. The van der Waals surface area contributed by atoms with Crippen molar-refractivity contribution in [1.82, 2.24) is 4.90 Å². The number of rotatable bonds is 1. The Balaban J connectivity index is 2.23. The molecule has 2 rings (SSSR count). The summed E-state index contributed by atoms with van der Waals surface area (Å²) in [4.78, 5) is 2.21. The Morgan fingerprint density at radius 3 is 2.81 bits per heavy atom. The van der Waals surface area contributed by atoms with Gasteiger partial charge in [-0.25, -0.2) is 0 Å². The molecule has 1 atom stereocenters. The van der Waals surface area contributed by atoms with Crippen LogP contribution in [0.3, 0.4) is 0 Å². The summed E-state index contributed by atoms with van der Waals surface area (Å²) in [5.74, 6) is 0. The van der Waals surface area contributed by atoms with E-state index in [1.165, 1.54) is 18.0 Å². The smallest absolute Gasteiger partial charge is 0.319 e. The van der Waals surface area contributed by atoms with Crippen LogP contribution in [0.4, 0.5) is 0 Å². The Labute approximate surface area is 99.8 Å². The second kappa shape index (κ2) is 4.33. The highest BCUT2D eigenvalue weighted by Gasteiger charge is 2.34. The molecule has 0 bridgehead atoms. The van der Waals surface area contributed by atoms with Gasteiger partial charge in [0.25, 0.3) is 5.03 Å². The molecule has 0 aliphatic carbocycles. The van der Waals surface area contributed by atoms with Gasteiger partial charge in [0.2, 0.25) is 0 Å². The number of hydrogen-bond acceptors (Lipinski definition) is 3. The third kappa shape index (κ3) is 2.00. The van der Waals surface area contributed by atoms with Gasteiger partial charge in [0, 0.05) is 12.1 Å². The number of hydrogen-bond donors (Lipinski definition) is 0. The van der Waals surface area contributed by atoms with E-state index in [2.05, 4.69) is 30.5 Å². The van der Waals surface area contributed by atoms with E-state index in [9.17, 15) is 5.21 Å². The average molecular weight is 238 g/mol. The first-order chi connectivity index (χ1) is 7.59. The maximum atomic E-state index is 11.5. The second-order valence-electron chi connectivity index (χ2n) is 4.09. The normalized spacial score (nSPS) is 20.7. The molecule has 0 aromatic carbocycles. The summed E-state index contributed by atoms with van der Waals surface area (Å²) in [6, 6.07) is 5.97. The Morgan fingerprint density at radius 1 is 1.50 bits per heavy atom. The van der Waals surface area contributed by atoms with Gasteiger partial charge in [0.1, 0.15) is 12.6 Å². The maximum absolute atomic E-state index is 11.5. The summed E-state index contributed by atoms with van der Waals surface area (Å²) >= 11 is 1.52. The van der Waals surface area contributed by atoms with Gasteiger partial charge in [-0.05, 0) is 13.0 Å². The summed E-state index contributed by atoms with van der Waals surface area (Å²) in [6.45, 7) is 3.19. The van der Waals surface area contributed by atoms with Gasteiger partial charge in [-0.3, -0.25) is 9.48 Å². The standard InChI is InChI=1S/C11H16N3OS/c1-9-8-12(2)11(13(9)3)16-10-6-4-5-7-14(10)15/h4-7,9H,8H2,1-3H3/q+1. The monoisotopic (exact) mass is 238 g/mol. The zero-order chi connectivity index (χ0) is 11.7. The number of nitrogens with zero attached hydrogens (tertiary/aromatic N) is 3. The summed E-state index contributed by atoms with van der Waals surface area (Å²) in [6.07, 6.45) is 1.53. The highest BCUT2D eigenvalue weighted by atomic mass is 32.2. The maximum Gasteiger partial charge on any atom is 0.319 e. The largest absolute Gasteiger partial charge is 0.618 e. The fraction of sp³-hybridized carbons (Fsp3) is 0.455. The van der Waals surface area contributed by atoms with Crippen LogP contribution in [-0.4, -0.2) is 41.3 Å². The molecule has 1 aliphatic heterocycles. The van der Waals surface area contributed by atoms with Gasteiger partial charge in [-0.15, -0.1) is 0 Å². The molecule has 0 amide bonds. The van der Waals surface area contributed by atoms with Gasteiger partial charge in [0.05, 0.1) is 25.9 Å². The van der Waals surface area contributed by atoms with Crippen molar-refractivity contribution in [2.24, 2.45) is 0 Å². The first kappa shape index (κ1) is 11.3. The number of pyridine rings is 1. The molecule has 0 fully saturated rings. The van der Waals surface area contributed by atoms with Gasteiger partial charge >= 0.3 is 5.17 Å². The van der Waals surface area contributed by atoms with Gasteiger partial charge in [0.15, 0.2) is 6.20 Å². The molecule has 1 aromatic heterocycles. The molecule has 5 heteroatoms. The van der Waals surface area contributed by atoms with E-state index >= 15 is 0 Å². The Kier molecular flexibility index (Phi) is 3.05. The first-order valence-corrected chi connectivity index (χ1v) is 6.08. The quantitative estimate of drug-likeness (QED) is 0.534. The Morgan fingerprint density at radius 2 is 2.25 bits per heavy atom. The summed E-state index contributed by atoms with van der Waals surface area (Å²) in [5, 5.41) is 13.4. The number of aromatic nitrogens is 1. The minimum atomic E-state index is 0.497. The van der Waals surface area contributed by atoms with Crippen molar-refractivity contribution in [3.63, 3.8) is 0 Å². The summed E-state index contributed by atoms with van der Waals surface area (Å²) in [5.41, 5.74) is 0. The van der Waals surface area contributed by atoms with E-state index in [-0.39, 0.29) is 0 Å². The third-order valence-electron chi connectivity index (χ3n) is 2.81. The minimum Gasteiger partial charge on any atom is -0.618 e. The molecule has 4 nitrogen and oxygen atoms in total. The lowest BCUT2D eigenvalue weighted by molar-refractivity contribution is -0.645. The van der Waals surface area contributed by atoms with Crippen molar-refractivity contribution < 1.29 is 9.31 Å². The molecular formula is C11H16N3OS+. The fourth-order valence-electron chi connectivity index (χ4n) is 1.79. The van der Waals surface area contributed by atoms with E-state index in [0.29, 0.717) is 11.1 Å². The molecule has 0 radical (unpaired) electrons. The fourth-order valence-corrected chi connectivity index (χ4v) is 2.83. The first-order valence-electron chi connectivity index (χ1n) is 5.26. The lowest BCUT2D eigenvalue weighted by atomic mass is 10.3. The predicted molar refractivity (Wildman–Crippen MR) is 64.5 cm³/mol. The molecule has 1 aliphatic rings. The molecule has 2 heterocycles. The van der Waals surface area contributed by atoms with E-state index in [1.54, 1.807) is 6.07 Å². The molecule has 1 aromatic rings. The number of amidine groups is 1. The van der Waals surface area contributed by atoms with Crippen molar-refractivity contribution in [3.8, 4) is 0 Å². The number of thioether (sulfide) groups is 1. The highest BCUT2D eigenvalue weighted by molar-refractivity contribution is 8.13. The number of likely N-dealkylation sites (N-methyl/N-ethyl adjacent to an activating group) is 2. The highest BCUT2D eigenvalue weighted by Crippen LogP contribution is 2.21. The zero-order valence-corrected chi connectivity index (χ0v) is 10.6. The SMILES string of the molecule is CC1C[N+](C)=C(Sc2cccc[n+]2[O-])N1C. The van der Waals surface area contributed by atoms with Gasteiger partial charge in [-0.1, -0.05) is 0 Å². The van der Waals surface area contributed by atoms with Gasteiger partial charge < -0.3 is 5.21 Å². The van der Waals surface area contributed by atoms with Crippen molar-refractivity contribution in [2.45, 2.75) is 18.0 Å². The van der Waals surface area contributed by atoms with E-state index in [0.717, 1.165) is 16.4 Å².